The van der Waals surface area contributed by atoms with Gasteiger partial charge in [0.15, 0.2) is 0 Å². The van der Waals surface area contributed by atoms with Crippen LogP contribution in [0.25, 0.3) is 0 Å². The average Bonchev–Trinajstić information content (AvgIpc) is 3.02. The molecule has 5 rings (SSSR count). The monoisotopic (exact) mass is 450 g/mol. The molecule has 31 heavy (non-hydrogen) atoms. The van der Waals surface area contributed by atoms with Gasteiger partial charge in [0.1, 0.15) is 5.75 Å². The van der Waals surface area contributed by atoms with E-state index >= 15 is 0 Å². The molecule has 1 aliphatic carbocycles. The van der Waals surface area contributed by atoms with Crippen molar-refractivity contribution in [2.45, 2.75) is 82.0 Å². The van der Waals surface area contributed by atoms with Crippen LogP contribution in [0.1, 0.15) is 63.4 Å². The van der Waals surface area contributed by atoms with E-state index in [9.17, 15) is 13.2 Å². The molecule has 0 radical (unpaired) electrons. The predicted molar refractivity (Wildman–Crippen MR) is 119 cm³/mol. The van der Waals surface area contributed by atoms with E-state index in [-0.39, 0.29) is 30.1 Å². The second-order valence-electron chi connectivity index (χ2n) is 9.28. The van der Waals surface area contributed by atoms with Crippen molar-refractivity contribution in [3.8, 4) is 5.75 Å². The lowest BCUT2D eigenvalue weighted by Crippen LogP contribution is -2.50. The van der Waals surface area contributed by atoms with E-state index in [1.54, 1.807) is 0 Å². The van der Waals surface area contributed by atoms with Crippen LogP contribution in [0.15, 0.2) is 24.3 Å². The van der Waals surface area contributed by atoms with Gasteiger partial charge in [-0.3, -0.25) is 4.79 Å². The first-order chi connectivity index (χ1) is 14.8. The highest BCUT2D eigenvalue weighted by Gasteiger charge is 2.43. The lowest BCUT2D eigenvalue weighted by molar-refractivity contribution is -0.136. The minimum absolute atomic E-state index is 0.0343. The summed E-state index contributed by atoms with van der Waals surface area (Å²) in [6.45, 7) is 2.83. The van der Waals surface area contributed by atoms with Crippen LogP contribution >= 0.6 is 0 Å². The fraction of sp³-hybridized carbons (Fsp3) is 0.696. The smallest absolute Gasteiger partial charge is 0.223 e. The summed E-state index contributed by atoms with van der Waals surface area (Å²) in [6, 6.07) is 7.70. The average molecular weight is 451 g/mol. The van der Waals surface area contributed by atoms with Crippen LogP contribution in [0.3, 0.4) is 0 Å². The molecule has 2 fully saturated rings. The summed E-state index contributed by atoms with van der Waals surface area (Å²) in [7, 11) is -3.37. The van der Waals surface area contributed by atoms with Gasteiger partial charge in [0, 0.05) is 18.5 Å². The maximum absolute atomic E-state index is 13.1. The molecule has 3 atom stereocenters. The number of hydrogen-bond acceptors (Lipinski definition) is 5. The molecule has 1 N–H and O–H groups in total. The van der Waals surface area contributed by atoms with Crippen molar-refractivity contribution in [2.24, 2.45) is 0 Å². The van der Waals surface area contributed by atoms with Gasteiger partial charge in [0.05, 0.1) is 31.6 Å². The van der Waals surface area contributed by atoms with Crippen LogP contribution in [0.5, 0.6) is 5.75 Å². The first-order valence-corrected chi connectivity index (χ1v) is 13.3. The predicted octanol–water partition coefficient (Wildman–Crippen LogP) is 2.81. The quantitative estimate of drug-likeness (QED) is 0.749. The van der Waals surface area contributed by atoms with E-state index < -0.39 is 10.0 Å². The number of rotatable bonds is 2. The molecule has 7 nitrogen and oxygen atoms in total. The third-order valence-corrected chi connectivity index (χ3v) is 7.59. The van der Waals surface area contributed by atoms with E-state index in [4.69, 9.17) is 9.47 Å². The number of benzene rings is 1. The normalized spacial score (nSPS) is 32.5. The van der Waals surface area contributed by atoms with Gasteiger partial charge in [0.2, 0.25) is 15.9 Å². The van der Waals surface area contributed by atoms with Crippen molar-refractivity contribution < 1.29 is 22.7 Å². The molecule has 1 amide bonds. The van der Waals surface area contributed by atoms with E-state index in [0.717, 1.165) is 31.4 Å². The third kappa shape index (κ3) is 5.59. The lowest BCUT2D eigenvalue weighted by atomic mass is 9.82. The number of nitrogens with zero attached hydrogens (tertiary/aromatic N) is 1. The van der Waals surface area contributed by atoms with E-state index in [0.29, 0.717) is 38.4 Å². The first-order valence-electron chi connectivity index (χ1n) is 11.4. The summed E-state index contributed by atoms with van der Waals surface area (Å²) in [5.74, 6) is 1.41. The molecule has 172 valence electrons. The van der Waals surface area contributed by atoms with E-state index in [1.165, 1.54) is 11.8 Å². The Kier molecular flexibility index (Phi) is 6.89. The Labute approximate surface area is 185 Å². The maximum atomic E-state index is 13.1. The van der Waals surface area contributed by atoms with Crippen LogP contribution in [-0.4, -0.2) is 62.9 Å². The minimum Gasteiger partial charge on any atom is -0.494 e. The van der Waals surface area contributed by atoms with Crippen molar-refractivity contribution in [3.63, 3.8) is 0 Å². The van der Waals surface area contributed by atoms with Gasteiger partial charge in [-0.25, -0.2) is 13.1 Å². The summed E-state index contributed by atoms with van der Waals surface area (Å²) in [6.07, 6.45) is 6.97. The van der Waals surface area contributed by atoms with Gasteiger partial charge in [-0.2, -0.15) is 0 Å². The summed E-state index contributed by atoms with van der Waals surface area (Å²) >= 11 is 0. The van der Waals surface area contributed by atoms with Crippen LogP contribution in [0.4, 0.5) is 0 Å². The van der Waals surface area contributed by atoms with Crippen LogP contribution in [0, 0.1) is 0 Å². The number of ether oxygens (including phenoxy) is 2. The molecule has 1 saturated heterocycles. The molecule has 8 heteroatoms. The third-order valence-electron chi connectivity index (χ3n) is 6.86. The highest BCUT2D eigenvalue weighted by atomic mass is 32.2. The fourth-order valence-corrected chi connectivity index (χ4v) is 6.19. The van der Waals surface area contributed by atoms with Gasteiger partial charge < -0.3 is 14.4 Å². The zero-order valence-electron chi connectivity index (χ0n) is 18.5. The second kappa shape index (κ2) is 9.46. The minimum atomic E-state index is -3.37. The van der Waals surface area contributed by atoms with Gasteiger partial charge in [0.25, 0.3) is 0 Å². The maximum Gasteiger partial charge on any atom is 0.223 e. The molecular formula is C23H34N2O5S. The van der Waals surface area contributed by atoms with Crippen molar-refractivity contribution in [1.82, 2.24) is 9.62 Å². The Morgan fingerprint density at radius 2 is 1.94 bits per heavy atom. The molecule has 4 bridgehead atoms. The number of fused-ring (bicyclic) bond motifs is 7. The molecule has 3 heterocycles. The largest absolute Gasteiger partial charge is 0.494 e. The van der Waals surface area contributed by atoms with Gasteiger partial charge in [-0.1, -0.05) is 12.1 Å². The lowest BCUT2D eigenvalue weighted by Gasteiger charge is -2.34. The number of hydrogen-bond donors (Lipinski definition) is 1. The highest BCUT2D eigenvalue weighted by molar-refractivity contribution is 7.88. The van der Waals surface area contributed by atoms with Crippen molar-refractivity contribution in [1.29, 1.82) is 0 Å². The second-order valence-corrected chi connectivity index (χ2v) is 11.1. The van der Waals surface area contributed by atoms with Crippen molar-refractivity contribution in [3.05, 3.63) is 29.8 Å². The molecule has 1 saturated carbocycles. The summed E-state index contributed by atoms with van der Waals surface area (Å²) < 4.78 is 38.8. The molecule has 3 aliphatic heterocycles. The van der Waals surface area contributed by atoms with Crippen molar-refractivity contribution in [2.75, 3.05) is 19.5 Å². The number of sulfonamides is 1. The zero-order valence-corrected chi connectivity index (χ0v) is 19.3. The van der Waals surface area contributed by atoms with Crippen molar-refractivity contribution >= 4 is 15.9 Å². The SMILES string of the molecule is C[C@@H]1C[C@H](NS(C)(=O)=O)C2COC3CCC(CC3)c3cccc(c3)OCCCC(=O)N21. The summed E-state index contributed by atoms with van der Waals surface area (Å²) in [4.78, 5) is 14.9. The van der Waals surface area contributed by atoms with Gasteiger partial charge in [-0.15, -0.1) is 0 Å². The fourth-order valence-electron chi connectivity index (χ4n) is 5.39. The molecule has 1 aromatic carbocycles. The highest BCUT2D eigenvalue weighted by Crippen LogP contribution is 2.36. The summed E-state index contributed by atoms with van der Waals surface area (Å²) in [5.41, 5.74) is 1.31. The van der Waals surface area contributed by atoms with Crippen LogP contribution < -0.4 is 9.46 Å². The molecule has 4 aliphatic rings. The van der Waals surface area contributed by atoms with E-state index in [1.807, 2.05) is 24.0 Å². The van der Waals surface area contributed by atoms with Gasteiger partial charge in [-0.05, 0) is 69.1 Å². The number of carbonyl (C=O) groups is 1. The van der Waals surface area contributed by atoms with Crippen LogP contribution in [0.2, 0.25) is 0 Å². The zero-order chi connectivity index (χ0) is 22.0. The Balaban J connectivity index is 1.54. The van der Waals surface area contributed by atoms with Gasteiger partial charge >= 0.3 is 0 Å². The summed E-state index contributed by atoms with van der Waals surface area (Å²) in [5, 5.41) is 0. The Bertz CT molecular complexity index is 882. The number of nitrogens with one attached hydrogen (secondary N) is 1. The number of amides is 1. The van der Waals surface area contributed by atoms with Crippen LogP contribution in [-0.2, 0) is 19.6 Å². The molecule has 1 aromatic rings. The molecule has 0 aromatic heterocycles. The topological polar surface area (TPSA) is 84.9 Å². The Morgan fingerprint density at radius 3 is 2.68 bits per heavy atom. The molecule has 1 unspecified atom stereocenters. The molecular weight excluding hydrogens is 416 g/mol. The number of carbonyl (C=O) groups excluding carboxylic acids is 1. The standard InChI is InChI=1S/C23H34N2O5S/c1-16-13-21(24-31(2,27)28)22-15-30-19-10-8-17(9-11-19)18-5-3-6-20(14-18)29-12-4-7-23(26)25(16)22/h3,5-6,14,16-17,19,21-22,24H,4,7-13,15H2,1-2H3/t16-,17?,19?,21+,22?/m1/s1. The molecule has 0 spiro atoms. The van der Waals surface area contributed by atoms with E-state index in [2.05, 4.69) is 16.9 Å². The Morgan fingerprint density at radius 1 is 1.16 bits per heavy atom. The first kappa shape index (κ1) is 22.6. The Hall–Kier alpha value is -1.64.